The minimum atomic E-state index is 0.174. The number of rotatable bonds is 4. The van der Waals surface area contributed by atoms with E-state index >= 15 is 0 Å². The van der Waals surface area contributed by atoms with Gasteiger partial charge in [-0.25, -0.2) is 0 Å². The van der Waals surface area contributed by atoms with E-state index in [-0.39, 0.29) is 11.9 Å². The maximum absolute atomic E-state index is 11.9. The van der Waals surface area contributed by atoms with Crippen LogP contribution in [0.5, 0.6) is 0 Å². The first-order valence-electron chi connectivity index (χ1n) is 5.99. The lowest BCUT2D eigenvalue weighted by molar-refractivity contribution is -0.132. The lowest BCUT2D eigenvalue weighted by atomic mass is 10.1. The van der Waals surface area contributed by atoms with Crippen LogP contribution in [0.15, 0.2) is 30.3 Å². The van der Waals surface area contributed by atoms with Crippen molar-refractivity contribution in [1.82, 2.24) is 4.90 Å². The van der Waals surface area contributed by atoms with E-state index in [1.165, 1.54) is 18.4 Å². The van der Waals surface area contributed by atoms with E-state index < -0.39 is 0 Å². The SMILES string of the molecule is CC(c1ccccc1)N(C)C(=O)CC1CC1. The minimum Gasteiger partial charge on any atom is -0.339 e. The van der Waals surface area contributed by atoms with Crippen molar-refractivity contribution in [3.8, 4) is 0 Å². The summed E-state index contributed by atoms with van der Waals surface area (Å²) in [4.78, 5) is 13.8. The van der Waals surface area contributed by atoms with Gasteiger partial charge in [0.2, 0.25) is 5.91 Å². The smallest absolute Gasteiger partial charge is 0.223 e. The molecule has 0 radical (unpaired) electrons. The molecule has 0 saturated heterocycles. The third-order valence-electron chi connectivity index (χ3n) is 3.42. The van der Waals surface area contributed by atoms with E-state index in [0.29, 0.717) is 5.92 Å². The van der Waals surface area contributed by atoms with Crippen molar-refractivity contribution >= 4 is 5.91 Å². The summed E-state index contributed by atoms with van der Waals surface area (Å²) in [5.41, 5.74) is 1.20. The van der Waals surface area contributed by atoms with Gasteiger partial charge in [-0.1, -0.05) is 30.3 Å². The van der Waals surface area contributed by atoms with Crippen LogP contribution in [0.2, 0.25) is 0 Å². The average Bonchev–Trinajstić information content (AvgIpc) is 3.12. The molecule has 1 fully saturated rings. The second kappa shape index (κ2) is 4.69. The standard InChI is InChI=1S/C14H19NO/c1-11(13-6-4-3-5-7-13)15(2)14(16)10-12-8-9-12/h3-7,11-12H,8-10H2,1-2H3. The topological polar surface area (TPSA) is 20.3 Å². The van der Waals surface area contributed by atoms with E-state index in [4.69, 9.17) is 0 Å². The van der Waals surface area contributed by atoms with Gasteiger partial charge in [-0.05, 0) is 31.2 Å². The summed E-state index contributed by atoms with van der Waals surface area (Å²) >= 11 is 0. The molecule has 0 aliphatic heterocycles. The van der Waals surface area contributed by atoms with Crippen LogP contribution in [0.4, 0.5) is 0 Å². The fraction of sp³-hybridized carbons (Fsp3) is 0.500. The number of carbonyl (C=O) groups excluding carboxylic acids is 1. The van der Waals surface area contributed by atoms with Gasteiger partial charge in [-0.2, -0.15) is 0 Å². The van der Waals surface area contributed by atoms with E-state index in [9.17, 15) is 4.79 Å². The van der Waals surface area contributed by atoms with E-state index in [1.807, 2.05) is 30.1 Å². The monoisotopic (exact) mass is 217 g/mol. The number of hydrogen-bond acceptors (Lipinski definition) is 1. The Kier molecular flexibility index (Phi) is 3.28. The third-order valence-corrected chi connectivity index (χ3v) is 3.42. The second-order valence-electron chi connectivity index (χ2n) is 4.74. The van der Waals surface area contributed by atoms with Crippen LogP contribution < -0.4 is 0 Å². The number of nitrogens with zero attached hydrogens (tertiary/aromatic N) is 1. The minimum absolute atomic E-state index is 0.174. The van der Waals surface area contributed by atoms with E-state index in [2.05, 4.69) is 19.1 Å². The number of benzene rings is 1. The van der Waals surface area contributed by atoms with Gasteiger partial charge in [0, 0.05) is 13.5 Å². The molecule has 0 aromatic heterocycles. The van der Waals surface area contributed by atoms with Gasteiger partial charge >= 0.3 is 0 Å². The van der Waals surface area contributed by atoms with E-state index in [1.54, 1.807) is 0 Å². The number of amides is 1. The Morgan fingerprint density at radius 2 is 2.00 bits per heavy atom. The van der Waals surface area contributed by atoms with Crippen molar-refractivity contribution in [3.63, 3.8) is 0 Å². The zero-order valence-corrected chi connectivity index (χ0v) is 10.0. The predicted molar refractivity (Wildman–Crippen MR) is 65.0 cm³/mol. The Balaban J connectivity index is 1.97. The van der Waals surface area contributed by atoms with Crippen molar-refractivity contribution in [2.75, 3.05) is 7.05 Å². The molecule has 1 saturated carbocycles. The fourth-order valence-electron chi connectivity index (χ4n) is 1.88. The molecule has 1 aromatic carbocycles. The van der Waals surface area contributed by atoms with Crippen LogP contribution in [0.25, 0.3) is 0 Å². The van der Waals surface area contributed by atoms with Crippen molar-refractivity contribution in [2.45, 2.75) is 32.2 Å². The zero-order chi connectivity index (χ0) is 11.5. The average molecular weight is 217 g/mol. The first-order chi connectivity index (χ1) is 7.68. The van der Waals surface area contributed by atoms with Crippen molar-refractivity contribution < 1.29 is 4.79 Å². The van der Waals surface area contributed by atoms with Gasteiger partial charge in [0.1, 0.15) is 0 Å². The molecule has 16 heavy (non-hydrogen) atoms. The Morgan fingerprint density at radius 1 is 1.38 bits per heavy atom. The maximum atomic E-state index is 11.9. The molecule has 0 bridgehead atoms. The molecule has 2 rings (SSSR count). The van der Waals surface area contributed by atoms with Crippen molar-refractivity contribution in [2.24, 2.45) is 5.92 Å². The summed E-state index contributed by atoms with van der Waals surface area (Å²) < 4.78 is 0. The molecule has 0 heterocycles. The van der Waals surface area contributed by atoms with Crippen LogP contribution in [-0.2, 0) is 4.79 Å². The lowest BCUT2D eigenvalue weighted by Crippen LogP contribution is -2.29. The Labute approximate surface area is 97.3 Å². The highest BCUT2D eigenvalue weighted by atomic mass is 16.2. The Morgan fingerprint density at radius 3 is 2.56 bits per heavy atom. The van der Waals surface area contributed by atoms with Gasteiger partial charge in [0.15, 0.2) is 0 Å². The molecule has 86 valence electrons. The maximum Gasteiger partial charge on any atom is 0.223 e. The van der Waals surface area contributed by atoms with E-state index in [0.717, 1.165) is 6.42 Å². The van der Waals surface area contributed by atoms with Crippen LogP contribution in [0, 0.1) is 5.92 Å². The van der Waals surface area contributed by atoms with Crippen molar-refractivity contribution in [3.05, 3.63) is 35.9 Å². The Hall–Kier alpha value is -1.31. The molecule has 2 nitrogen and oxygen atoms in total. The number of carbonyl (C=O) groups is 1. The molecule has 1 aromatic rings. The fourth-order valence-corrected chi connectivity index (χ4v) is 1.88. The molecular formula is C14H19NO. The van der Waals surface area contributed by atoms with Gasteiger partial charge in [-0.15, -0.1) is 0 Å². The molecule has 1 amide bonds. The highest BCUT2D eigenvalue weighted by molar-refractivity contribution is 5.76. The van der Waals surface area contributed by atoms with Crippen LogP contribution in [-0.4, -0.2) is 17.9 Å². The molecule has 0 spiro atoms. The molecule has 1 atom stereocenters. The summed E-state index contributed by atoms with van der Waals surface area (Å²) in [5.74, 6) is 0.941. The molecule has 1 aliphatic carbocycles. The Bertz CT molecular complexity index is 356. The highest BCUT2D eigenvalue weighted by Crippen LogP contribution is 2.33. The van der Waals surface area contributed by atoms with Crippen LogP contribution >= 0.6 is 0 Å². The zero-order valence-electron chi connectivity index (χ0n) is 10.0. The van der Waals surface area contributed by atoms with Gasteiger partial charge in [0.25, 0.3) is 0 Å². The second-order valence-corrected chi connectivity index (χ2v) is 4.74. The van der Waals surface area contributed by atoms with Crippen LogP contribution in [0.3, 0.4) is 0 Å². The molecule has 0 N–H and O–H groups in total. The summed E-state index contributed by atoms with van der Waals surface area (Å²) in [5, 5.41) is 0. The normalized spacial score (nSPS) is 16.9. The quantitative estimate of drug-likeness (QED) is 0.759. The first kappa shape index (κ1) is 11.2. The third kappa shape index (κ3) is 2.63. The van der Waals surface area contributed by atoms with Gasteiger partial charge in [0.05, 0.1) is 6.04 Å². The van der Waals surface area contributed by atoms with Gasteiger partial charge in [-0.3, -0.25) is 4.79 Å². The molecule has 2 heteroatoms. The molecular weight excluding hydrogens is 198 g/mol. The van der Waals surface area contributed by atoms with Crippen molar-refractivity contribution in [1.29, 1.82) is 0 Å². The lowest BCUT2D eigenvalue weighted by Gasteiger charge is -2.25. The first-order valence-corrected chi connectivity index (χ1v) is 5.99. The van der Waals surface area contributed by atoms with Gasteiger partial charge < -0.3 is 4.90 Å². The molecule has 1 unspecified atom stereocenters. The summed E-state index contributed by atoms with van der Waals surface area (Å²) in [6, 6.07) is 10.4. The van der Waals surface area contributed by atoms with Crippen LogP contribution in [0.1, 0.15) is 37.8 Å². The summed E-state index contributed by atoms with van der Waals surface area (Å²) in [7, 11) is 1.91. The summed E-state index contributed by atoms with van der Waals surface area (Å²) in [6.45, 7) is 2.08. The number of hydrogen-bond donors (Lipinski definition) is 0. The predicted octanol–water partition coefficient (Wildman–Crippen LogP) is 3.01. The largest absolute Gasteiger partial charge is 0.339 e. The molecule has 1 aliphatic rings. The highest BCUT2D eigenvalue weighted by Gasteiger charge is 2.27. The summed E-state index contributed by atoms with van der Waals surface area (Å²) in [6.07, 6.45) is 3.20.